The zero-order valence-electron chi connectivity index (χ0n) is 7.32. The van der Waals surface area contributed by atoms with Crippen molar-refractivity contribution in [2.45, 2.75) is 37.9 Å². The zero-order valence-corrected chi connectivity index (χ0v) is 7.32. The summed E-state index contributed by atoms with van der Waals surface area (Å²) < 4.78 is 16.4. The van der Waals surface area contributed by atoms with Crippen molar-refractivity contribution in [1.82, 2.24) is 0 Å². The Labute approximate surface area is 71.4 Å². The molecule has 0 saturated carbocycles. The maximum atomic E-state index is 8.92. The van der Waals surface area contributed by atoms with E-state index in [1.54, 1.807) is 0 Å². The molecule has 4 heteroatoms. The van der Waals surface area contributed by atoms with Gasteiger partial charge >= 0.3 is 0 Å². The van der Waals surface area contributed by atoms with Gasteiger partial charge in [0, 0.05) is 0 Å². The summed E-state index contributed by atoms with van der Waals surface area (Å²) in [4.78, 5) is 0. The second-order valence-corrected chi connectivity index (χ2v) is 3.69. The van der Waals surface area contributed by atoms with Crippen LogP contribution in [0, 0.1) is 0 Å². The predicted octanol–water partition coefficient (Wildman–Crippen LogP) is -0.102. The molecule has 0 aromatic heterocycles. The number of aliphatic hydroxyl groups excluding tert-OH is 1. The topological polar surface area (TPSA) is 47.9 Å². The lowest BCUT2D eigenvalue weighted by Gasteiger charge is -2.20. The molecule has 2 aliphatic heterocycles. The van der Waals surface area contributed by atoms with Gasteiger partial charge in [0.05, 0.1) is 13.2 Å². The van der Waals surface area contributed by atoms with E-state index in [9.17, 15) is 0 Å². The summed E-state index contributed by atoms with van der Waals surface area (Å²) in [6, 6.07) is 0. The zero-order chi connectivity index (χ0) is 8.77. The van der Waals surface area contributed by atoms with E-state index in [1.165, 1.54) is 0 Å². The van der Waals surface area contributed by atoms with Crippen LogP contribution in [0.5, 0.6) is 0 Å². The largest absolute Gasteiger partial charge is 0.394 e. The summed E-state index contributed by atoms with van der Waals surface area (Å²) in [6.07, 6.45) is -0.307. The molecule has 2 fully saturated rings. The van der Waals surface area contributed by atoms with Gasteiger partial charge in [-0.1, -0.05) is 0 Å². The normalized spacial score (nSPS) is 44.8. The van der Waals surface area contributed by atoms with Crippen LogP contribution in [-0.2, 0) is 14.2 Å². The van der Waals surface area contributed by atoms with E-state index >= 15 is 0 Å². The standard InChI is InChI=1S/C8H14O4/c1-8(2)11-6-4-10-5(3-9)7(6)12-8/h5-7,9H,3-4H2,1-2H3. The average molecular weight is 174 g/mol. The van der Waals surface area contributed by atoms with E-state index in [1.807, 2.05) is 13.8 Å². The molecule has 2 aliphatic rings. The fraction of sp³-hybridized carbons (Fsp3) is 1.00. The van der Waals surface area contributed by atoms with Crippen molar-refractivity contribution in [3.05, 3.63) is 0 Å². The monoisotopic (exact) mass is 174 g/mol. The Morgan fingerprint density at radius 3 is 2.83 bits per heavy atom. The van der Waals surface area contributed by atoms with Crippen molar-refractivity contribution in [2.24, 2.45) is 0 Å². The Morgan fingerprint density at radius 2 is 2.17 bits per heavy atom. The highest BCUT2D eigenvalue weighted by molar-refractivity contribution is 4.91. The van der Waals surface area contributed by atoms with Crippen molar-refractivity contribution >= 4 is 0 Å². The van der Waals surface area contributed by atoms with Gasteiger partial charge in [0.1, 0.15) is 18.3 Å². The number of rotatable bonds is 1. The third-order valence-electron chi connectivity index (χ3n) is 2.24. The summed E-state index contributed by atoms with van der Waals surface area (Å²) in [5.41, 5.74) is 0. The summed E-state index contributed by atoms with van der Waals surface area (Å²) in [5, 5.41) is 8.92. The molecule has 4 nitrogen and oxygen atoms in total. The Morgan fingerprint density at radius 1 is 1.42 bits per heavy atom. The highest BCUT2D eigenvalue weighted by Crippen LogP contribution is 2.34. The van der Waals surface area contributed by atoms with Crippen LogP contribution in [0.2, 0.25) is 0 Å². The van der Waals surface area contributed by atoms with E-state index in [-0.39, 0.29) is 24.9 Å². The minimum Gasteiger partial charge on any atom is -0.394 e. The number of fused-ring (bicyclic) bond motifs is 1. The highest BCUT2D eigenvalue weighted by atomic mass is 16.8. The number of ether oxygens (including phenoxy) is 3. The molecule has 2 heterocycles. The maximum absolute atomic E-state index is 8.92. The Bertz CT molecular complexity index is 180. The third kappa shape index (κ3) is 1.25. The molecule has 0 amide bonds. The lowest BCUT2D eigenvalue weighted by molar-refractivity contribution is -0.177. The molecule has 2 saturated heterocycles. The SMILES string of the molecule is CC1(C)OC2COC(CO)C2O1. The van der Waals surface area contributed by atoms with Crippen molar-refractivity contribution in [3.63, 3.8) is 0 Å². The molecule has 1 N–H and O–H groups in total. The fourth-order valence-electron chi connectivity index (χ4n) is 1.78. The molecule has 0 spiro atoms. The van der Waals surface area contributed by atoms with Gasteiger partial charge in [0.15, 0.2) is 5.79 Å². The van der Waals surface area contributed by atoms with Crippen LogP contribution in [-0.4, -0.2) is 42.4 Å². The van der Waals surface area contributed by atoms with Crippen LogP contribution < -0.4 is 0 Å². The first-order chi connectivity index (χ1) is 5.62. The molecule has 70 valence electrons. The summed E-state index contributed by atoms with van der Waals surface area (Å²) >= 11 is 0. The van der Waals surface area contributed by atoms with Crippen LogP contribution in [0.25, 0.3) is 0 Å². The molecular weight excluding hydrogens is 160 g/mol. The molecule has 2 rings (SSSR count). The quantitative estimate of drug-likeness (QED) is 0.603. The van der Waals surface area contributed by atoms with Crippen molar-refractivity contribution in [1.29, 1.82) is 0 Å². The minimum absolute atomic E-state index is 0.000602. The highest BCUT2D eigenvalue weighted by Gasteiger charge is 2.49. The van der Waals surface area contributed by atoms with Gasteiger partial charge in [-0.05, 0) is 13.8 Å². The molecule has 0 radical (unpaired) electrons. The number of aliphatic hydroxyl groups is 1. The lowest BCUT2D eigenvalue weighted by atomic mass is 10.2. The van der Waals surface area contributed by atoms with Crippen molar-refractivity contribution in [3.8, 4) is 0 Å². The molecule has 3 atom stereocenters. The van der Waals surface area contributed by atoms with E-state index < -0.39 is 5.79 Å². The van der Waals surface area contributed by atoms with Gasteiger partial charge in [0.25, 0.3) is 0 Å². The number of hydrogen-bond donors (Lipinski definition) is 1. The molecular formula is C8H14O4. The first-order valence-electron chi connectivity index (χ1n) is 4.20. The van der Waals surface area contributed by atoms with E-state index in [2.05, 4.69) is 0 Å². The van der Waals surface area contributed by atoms with Gasteiger partial charge in [-0.25, -0.2) is 0 Å². The van der Waals surface area contributed by atoms with Gasteiger partial charge in [-0.3, -0.25) is 0 Å². The molecule has 0 aliphatic carbocycles. The van der Waals surface area contributed by atoms with Crippen molar-refractivity contribution in [2.75, 3.05) is 13.2 Å². The molecule has 0 bridgehead atoms. The van der Waals surface area contributed by atoms with Crippen LogP contribution in [0.15, 0.2) is 0 Å². The molecule has 0 aromatic carbocycles. The van der Waals surface area contributed by atoms with Crippen LogP contribution in [0.4, 0.5) is 0 Å². The Hall–Kier alpha value is -0.160. The van der Waals surface area contributed by atoms with Crippen LogP contribution >= 0.6 is 0 Å². The Kier molecular flexibility index (Phi) is 1.88. The molecule has 12 heavy (non-hydrogen) atoms. The van der Waals surface area contributed by atoms with E-state index in [0.717, 1.165) is 0 Å². The van der Waals surface area contributed by atoms with Crippen LogP contribution in [0.3, 0.4) is 0 Å². The lowest BCUT2D eigenvalue weighted by Crippen LogP contribution is -2.31. The molecule has 0 aromatic rings. The van der Waals surface area contributed by atoms with E-state index in [4.69, 9.17) is 19.3 Å². The van der Waals surface area contributed by atoms with E-state index in [0.29, 0.717) is 6.61 Å². The van der Waals surface area contributed by atoms with Gasteiger partial charge in [0.2, 0.25) is 0 Å². The second kappa shape index (κ2) is 2.67. The van der Waals surface area contributed by atoms with Gasteiger partial charge in [-0.2, -0.15) is 0 Å². The maximum Gasteiger partial charge on any atom is 0.164 e. The first-order valence-corrected chi connectivity index (χ1v) is 4.20. The fourth-order valence-corrected chi connectivity index (χ4v) is 1.78. The Balaban J connectivity index is 2.06. The van der Waals surface area contributed by atoms with Gasteiger partial charge in [-0.15, -0.1) is 0 Å². The minimum atomic E-state index is -0.521. The second-order valence-electron chi connectivity index (χ2n) is 3.69. The average Bonchev–Trinajstić information content (AvgIpc) is 2.42. The summed E-state index contributed by atoms with van der Waals surface area (Å²) in [6.45, 7) is 4.28. The van der Waals surface area contributed by atoms with Gasteiger partial charge < -0.3 is 19.3 Å². The first kappa shape index (κ1) is 8.44. The van der Waals surface area contributed by atoms with Crippen LogP contribution in [0.1, 0.15) is 13.8 Å². The smallest absolute Gasteiger partial charge is 0.164 e. The van der Waals surface area contributed by atoms with Crippen molar-refractivity contribution < 1.29 is 19.3 Å². The predicted molar refractivity (Wildman–Crippen MR) is 40.7 cm³/mol. The molecule has 3 unspecified atom stereocenters. The number of hydrogen-bond acceptors (Lipinski definition) is 4. The summed E-state index contributed by atoms with van der Waals surface area (Å²) in [7, 11) is 0. The third-order valence-corrected chi connectivity index (χ3v) is 2.24. The summed E-state index contributed by atoms with van der Waals surface area (Å²) in [5.74, 6) is -0.521.